The number of anilines is 1. The number of hydrogen-bond acceptors (Lipinski definition) is 3. The predicted molar refractivity (Wildman–Crippen MR) is 99.8 cm³/mol. The van der Waals surface area contributed by atoms with Gasteiger partial charge in [-0.05, 0) is 42.3 Å². The average molecular weight is 359 g/mol. The maximum atomic E-state index is 11.8. The fourth-order valence-corrected chi connectivity index (χ4v) is 2.15. The number of carbonyl (C=O) groups is 2. The Morgan fingerprint density at radius 1 is 1.00 bits per heavy atom. The van der Waals surface area contributed by atoms with Gasteiger partial charge >= 0.3 is 6.03 Å². The second-order valence-electron chi connectivity index (χ2n) is 5.38. The van der Waals surface area contributed by atoms with Crippen LogP contribution in [0.2, 0.25) is 5.02 Å². The summed E-state index contributed by atoms with van der Waals surface area (Å²) in [6.07, 6.45) is 0. The summed E-state index contributed by atoms with van der Waals surface area (Å²) in [5, 5.41) is 10.1. The molecule has 0 saturated carbocycles. The number of hydrazone groups is 1. The molecule has 130 valence electrons. The molecule has 0 aliphatic carbocycles. The van der Waals surface area contributed by atoms with Gasteiger partial charge in [-0.1, -0.05) is 35.9 Å². The molecule has 0 bridgehead atoms. The Morgan fingerprint density at radius 3 is 2.24 bits per heavy atom. The fraction of sp³-hybridized carbons (Fsp3) is 0.167. The molecule has 0 aliphatic heterocycles. The highest BCUT2D eigenvalue weighted by atomic mass is 35.5. The van der Waals surface area contributed by atoms with E-state index in [0.717, 1.165) is 11.1 Å². The number of amides is 3. The minimum Gasteiger partial charge on any atom is -0.333 e. The third-order valence-electron chi connectivity index (χ3n) is 3.31. The van der Waals surface area contributed by atoms with E-state index in [1.807, 2.05) is 24.3 Å². The van der Waals surface area contributed by atoms with Crippen molar-refractivity contribution in [3.05, 3.63) is 64.7 Å². The van der Waals surface area contributed by atoms with Crippen LogP contribution in [0.5, 0.6) is 0 Å². The molecule has 2 rings (SSSR count). The van der Waals surface area contributed by atoms with Gasteiger partial charge in [0.05, 0.1) is 5.71 Å². The largest absolute Gasteiger partial charge is 0.335 e. The van der Waals surface area contributed by atoms with Crippen LogP contribution in [0.4, 0.5) is 10.5 Å². The van der Waals surface area contributed by atoms with Crippen molar-refractivity contribution in [3.63, 3.8) is 0 Å². The van der Waals surface area contributed by atoms with Crippen LogP contribution in [-0.4, -0.2) is 17.6 Å². The summed E-state index contributed by atoms with van der Waals surface area (Å²) in [6, 6.07) is 14.0. The van der Waals surface area contributed by atoms with Crippen LogP contribution < -0.4 is 16.1 Å². The smallest absolute Gasteiger partial charge is 0.333 e. The van der Waals surface area contributed by atoms with Gasteiger partial charge < -0.3 is 10.6 Å². The highest BCUT2D eigenvalue weighted by Crippen LogP contribution is 2.10. The number of benzene rings is 2. The van der Waals surface area contributed by atoms with Gasteiger partial charge in [-0.15, -0.1) is 0 Å². The number of nitrogens with zero attached hydrogens (tertiary/aromatic N) is 1. The highest BCUT2D eigenvalue weighted by molar-refractivity contribution is 6.30. The van der Waals surface area contributed by atoms with E-state index in [4.69, 9.17) is 11.6 Å². The van der Waals surface area contributed by atoms with Crippen molar-refractivity contribution in [2.45, 2.75) is 20.4 Å². The van der Waals surface area contributed by atoms with Gasteiger partial charge in [0.15, 0.2) is 0 Å². The number of urea groups is 1. The zero-order valence-corrected chi connectivity index (χ0v) is 14.7. The first-order valence-electron chi connectivity index (χ1n) is 7.64. The Labute approximate surface area is 151 Å². The molecule has 0 aromatic heterocycles. The molecular formula is C18H19ClN4O2. The number of carbonyl (C=O) groups excluding carboxylic acids is 2. The first-order chi connectivity index (χ1) is 11.9. The zero-order chi connectivity index (χ0) is 18.2. The zero-order valence-electron chi connectivity index (χ0n) is 14.0. The summed E-state index contributed by atoms with van der Waals surface area (Å²) < 4.78 is 0. The Bertz CT molecular complexity index is 771. The fourth-order valence-electron chi connectivity index (χ4n) is 2.02. The van der Waals surface area contributed by atoms with Crippen LogP contribution in [0.1, 0.15) is 25.0 Å². The molecule has 0 fully saturated rings. The van der Waals surface area contributed by atoms with Gasteiger partial charge in [-0.25, -0.2) is 10.2 Å². The van der Waals surface area contributed by atoms with Gasteiger partial charge in [-0.2, -0.15) is 5.10 Å². The van der Waals surface area contributed by atoms with E-state index in [1.54, 1.807) is 31.2 Å². The second-order valence-corrected chi connectivity index (χ2v) is 5.81. The topological polar surface area (TPSA) is 82.6 Å². The average Bonchev–Trinajstić information content (AvgIpc) is 2.59. The molecule has 0 unspecified atom stereocenters. The molecular weight excluding hydrogens is 340 g/mol. The van der Waals surface area contributed by atoms with Crippen molar-refractivity contribution in [1.29, 1.82) is 0 Å². The number of rotatable bonds is 5. The van der Waals surface area contributed by atoms with Gasteiger partial charge in [-0.3, -0.25) is 4.79 Å². The SMILES string of the molecule is CC(=O)Nc1ccc(/C(C)=N/NC(=O)NCc2ccc(Cl)cc2)cc1. The van der Waals surface area contributed by atoms with Crippen molar-refractivity contribution in [3.8, 4) is 0 Å². The van der Waals surface area contributed by atoms with E-state index >= 15 is 0 Å². The highest BCUT2D eigenvalue weighted by Gasteiger charge is 2.02. The summed E-state index contributed by atoms with van der Waals surface area (Å²) >= 11 is 5.81. The second kappa shape index (κ2) is 8.84. The van der Waals surface area contributed by atoms with Crippen molar-refractivity contribution in [1.82, 2.24) is 10.7 Å². The molecule has 25 heavy (non-hydrogen) atoms. The molecule has 0 spiro atoms. The lowest BCUT2D eigenvalue weighted by Crippen LogP contribution is -2.32. The van der Waals surface area contributed by atoms with Crippen LogP contribution in [0, 0.1) is 0 Å². The van der Waals surface area contributed by atoms with Gasteiger partial charge in [0.25, 0.3) is 0 Å². The van der Waals surface area contributed by atoms with Gasteiger partial charge in [0.1, 0.15) is 0 Å². The number of hydrogen-bond donors (Lipinski definition) is 3. The third kappa shape index (κ3) is 6.27. The summed E-state index contributed by atoms with van der Waals surface area (Å²) in [5.74, 6) is -0.128. The lowest BCUT2D eigenvalue weighted by molar-refractivity contribution is -0.114. The Hall–Kier alpha value is -2.86. The van der Waals surface area contributed by atoms with Crippen LogP contribution in [0.15, 0.2) is 53.6 Å². The Kier molecular flexibility index (Phi) is 6.54. The summed E-state index contributed by atoms with van der Waals surface area (Å²) in [7, 11) is 0. The molecule has 0 atom stereocenters. The summed E-state index contributed by atoms with van der Waals surface area (Å²) in [6.45, 7) is 3.61. The molecule has 0 heterocycles. The van der Waals surface area contributed by atoms with Crippen LogP contribution >= 0.6 is 11.6 Å². The Morgan fingerprint density at radius 2 is 1.64 bits per heavy atom. The first kappa shape index (κ1) is 18.5. The third-order valence-corrected chi connectivity index (χ3v) is 3.57. The van der Waals surface area contributed by atoms with Crippen LogP contribution in [-0.2, 0) is 11.3 Å². The quantitative estimate of drug-likeness (QED) is 0.564. The normalized spacial score (nSPS) is 10.9. The molecule has 6 nitrogen and oxygen atoms in total. The lowest BCUT2D eigenvalue weighted by Gasteiger charge is -2.07. The molecule has 0 aliphatic rings. The van der Waals surface area contributed by atoms with Crippen molar-refractivity contribution in [2.75, 3.05) is 5.32 Å². The molecule has 0 radical (unpaired) electrons. The van der Waals surface area contributed by atoms with E-state index in [2.05, 4.69) is 21.2 Å². The molecule has 2 aromatic carbocycles. The predicted octanol–water partition coefficient (Wildman–Crippen LogP) is 3.52. The van der Waals surface area contributed by atoms with E-state index in [-0.39, 0.29) is 5.91 Å². The number of nitrogens with one attached hydrogen (secondary N) is 3. The van der Waals surface area contributed by atoms with Crippen LogP contribution in [0.3, 0.4) is 0 Å². The summed E-state index contributed by atoms with van der Waals surface area (Å²) in [4.78, 5) is 22.8. The molecule has 3 amide bonds. The molecule has 3 N–H and O–H groups in total. The maximum absolute atomic E-state index is 11.8. The molecule has 2 aromatic rings. The lowest BCUT2D eigenvalue weighted by atomic mass is 10.1. The minimum atomic E-state index is -0.399. The monoisotopic (exact) mass is 358 g/mol. The van der Waals surface area contributed by atoms with Gasteiger partial charge in [0.2, 0.25) is 5.91 Å². The number of halogens is 1. The minimum absolute atomic E-state index is 0.128. The van der Waals surface area contributed by atoms with E-state index in [9.17, 15) is 9.59 Å². The van der Waals surface area contributed by atoms with Crippen molar-refractivity contribution >= 4 is 34.9 Å². The van der Waals surface area contributed by atoms with Crippen molar-refractivity contribution in [2.24, 2.45) is 5.10 Å². The Balaban J connectivity index is 1.86. The molecule has 0 saturated heterocycles. The maximum Gasteiger partial charge on any atom is 0.335 e. The van der Waals surface area contributed by atoms with E-state index in [1.165, 1.54) is 6.92 Å². The molecule has 7 heteroatoms. The van der Waals surface area contributed by atoms with Crippen molar-refractivity contribution < 1.29 is 9.59 Å². The van der Waals surface area contributed by atoms with E-state index in [0.29, 0.717) is 23.0 Å². The van der Waals surface area contributed by atoms with E-state index < -0.39 is 6.03 Å². The van der Waals surface area contributed by atoms with Gasteiger partial charge in [0, 0.05) is 24.2 Å². The summed E-state index contributed by atoms with van der Waals surface area (Å²) in [5.41, 5.74) is 5.59. The van der Waals surface area contributed by atoms with Crippen LogP contribution in [0.25, 0.3) is 0 Å². The standard InChI is InChI=1S/C18H19ClN4O2/c1-12(15-5-9-17(10-6-15)21-13(2)24)22-23-18(25)20-11-14-3-7-16(19)8-4-14/h3-10H,11H2,1-2H3,(H,21,24)(H2,20,23,25)/b22-12+. The first-order valence-corrected chi connectivity index (χ1v) is 8.02.